The number of carbonyl (C=O) groups is 2. The zero-order valence-electron chi connectivity index (χ0n) is 16.3. The zero-order valence-corrected chi connectivity index (χ0v) is 16.3. The molecule has 6 heteroatoms. The van der Waals surface area contributed by atoms with E-state index in [9.17, 15) is 14.7 Å². The van der Waals surface area contributed by atoms with Crippen molar-refractivity contribution in [3.8, 4) is 5.75 Å². The molecule has 0 spiro atoms. The summed E-state index contributed by atoms with van der Waals surface area (Å²) in [5.41, 5.74) is 0.791. The lowest BCUT2D eigenvalue weighted by molar-refractivity contribution is 0.0199. The van der Waals surface area contributed by atoms with Crippen LogP contribution in [0.2, 0.25) is 0 Å². The Kier molecular flexibility index (Phi) is 6.16. The van der Waals surface area contributed by atoms with Gasteiger partial charge in [-0.1, -0.05) is 19.9 Å². The normalized spacial score (nSPS) is 15.8. The molecule has 0 unspecified atom stereocenters. The van der Waals surface area contributed by atoms with E-state index < -0.39 is 5.60 Å². The summed E-state index contributed by atoms with van der Waals surface area (Å²) in [5.74, 6) is -0.0157. The second-order valence-electron chi connectivity index (χ2n) is 8.15. The first kappa shape index (κ1) is 20.1. The minimum Gasteiger partial charge on any atom is -0.507 e. The molecule has 2 rings (SSSR count). The molecular weight excluding hydrogens is 332 g/mol. The van der Waals surface area contributed by atoms with Crippen LogP contribution in [0.4, 0.5) is 4.79 Å². The van der Waals surface area contributed by atoms with Gasteiger partial charge in [0.05, 0.1) is 5.56 Å². The molecule has 1 fully saturated rings. The SMILES string of the molecule is CC(C)c1ccc(O)c(C(=O)NC2CCN(C(=O)OC(C)(C)C)CC2)c1. The van der Waals surface area contributed by atoms with E-state index in [1.807, 2.05) is 40.7 Å². The molecule has 0 saturated carbocycles. The van der Waals surface area contributed by atoms with E-state index in [1.54, 1.807) is 17.0 Å². The van der Waals surface area contributed by atoms with Crippen LogP contribution in [0.25, 0.3) is 0 Å². The summed E-state index contributed by atoms with van der Waals surface area (Å²) in [6.45, 7) is 10.7. The van der Waals surface area contributed by atoms with Crippen LogP contribution in [0.5, 0.6) is 5.75 Å². The van der Waals surface area contributed by atoms with Crippen molar-refractivity contribution in [2.75, 3.05) is 13.1 Å². The number of amides is 2. The highest BCUT2D eigenvalue weighted by molar-refractivity contribution is 5.97. The molecule has 2 amide bonds. The summed E-state index contributed by atoms with van der Waals surface area (Å²) in [4.78, 5) is 26.3. The van der Waals surface area contributed by atoms with Crippen molar-refractivity contribution in [2.45, 2.75) is 65.0 Å². The lowest BCUT2D eigenvalue weighted by Gasteiger charge is -2.33. The zero-order chi connectivity index (χ0) is 19.5. The minimum atomic E-state index is -0.513. The Bertz CT molecular complexity index is 656. The first-order valence-corrected chi connectivity index (χ1v) is 9.18. The molecule has 2 N–H and O–H groups in total. The standard InChI is InChI=1S/C20H30N2O4/c1-13(2)14-6-7-17(23)16(12-14)18(24)21-15-8-10-22(11-9-15)19(25)26-20(3,4)5/h6-7,12-13,15,23H,8-11H2,1-5H3,(H,21,24). The third-order valence-electron chi connectivity index (χ3n) is 4.41. The van der Waals surface area contributed by atoms with Gasteiger partial charge in [0, 0.05) is 19.1 Å². The average molecular weight is 362 g/mol. The number of carbonyl (C=O) groups excluding carboxylic acids is 2. The summed E-state index contributed by atoms with van der Waals surface area (Å²) in [7, 11) is 0. The Morgan fingerprint density at radius 3 is 2.38 bits per heavy atom. The molecule has 1 heterocycles. The highest BCUT2D eigenvalue weighted by Crippen LogP contribution is 2.24. The predicted molar refractivity (Wildman–Crippen MR) is 100 cm³/mol. The van der Waals surface area contributed by atoms with Crippen molar-refractivity contribution in [3.05, 3.63) is 29.3 Å². The Hall–Kier alpha value is -2.24. The number of hydrogen-bond acceptors (Lipinski definition) is 4. The molecule has 1 aliphatic heterocycles. The molecule has 1 aromatic rings. The van der Waals surface area contributed by atoms with Crippen molar-refractivity contribution in [1.82, 2.24) is 10.2 Å². The Morgan fingerprint density at radius 1 is 1.23 bits per heavy atom. The summed E-state index contributed by atoms with van der Waals surface area (Å²) < 4.78 is 5.38. The van der Waals surface area contributed by atoms with Gasteiger partial charge in [0.1, 0.15) is 11.4 Å². The largest absolute Gasteiger partial charge is 0.507 e. The van der Waals surface area contributed by atoms with E-state index in [-0.39, 0.29) is 29.7 Å². The van der Waals surface area contributed by atoms with Crippen LogP contribution in [0.1, 0.15) is 69.3 Å². The van der Waals surface area contributed by atoms with Crippen LogP contribution < -0.4 is 5.32 Å². The first-order valence-electron chi connectivity index (χ1n) is 9.18. The number of rotatable bonds is 3. The number of likely N-dealkylation sites (tertiary alicyclic amines) is 1. The van der Waals surface area contributed by atoms with Gasteiger partial charge in [-0.2, -0.15) is 0 Å². The van der Waals surface area contributed by atoms with E-state index in [2.05, 4.69) is 5.32 Å². The Labute approximate surface area is 155 Å². The van der Waals surface area contributed by atoms with Crippen molar-refractivity contribution >= 4 is 12.0 Å². The van der Waals surface area contributed by atoms with Crippen molar-refractivity contribution in [2.24, 2.45) is 0 Å². The van der Waals surface area contributed by atoms with Gasteiger partial charge in [0.25, 0.3) is 5.91 Å². The van der Waals surface area contributed by atoms with Gasteiger partial charge in [-0.3, -0.25) is 4.79 Å². The number of piperidine rings is 1. The number of phenolic OH excluding ortho intramolecular Hbond substituents is 1. The quantitative estimate of drug-likeness (QED) is 0.860. The van der Waals surface area contributed by atoms with E-state index in [0.29, 0.717) is 31.5 Å². The predicted octanol–water partition coefficient (Wildman–Crippen LogP) is 3.64. The monoisotopic (exact) mass is 362 g/mol. The number of phenols is 1. The number of benzene rings is 1. The molecular formula is C20H30N2O4. The van der Waals surface area contributed by atoms with Gasteiger partial charge in [0.2, 0.25) is 0 Å². The van der Waals surface area contributed by atoms with Gasteiger partial charge in [-0.15, -0.1) is 0 Å². The van der Waals surface area contributed by atoms with Gasteiger partial charge < -0.3 is 20.1 Å². The van der Waals surface area contributed by atoms with Crippen molar-refractivity contribution in [1.29, 1.82) is 0 Å². The third kappa shape index (κ3) is 5.38. The fourth-order valence-electron chi connectivity index (χ4n) is 2.89. The molecule has 0 aromatic heterocycles. The number of hydrogen-bond donors (Lipinski definition) is 2. The fourth-order valence-corrected chi connectivity index (χ4v) is 2.89. The number of nitrogens with one attached hydrogen (secondary N) is 1. The van der Waals surface area contributed by atoms with Crippen molar-refractivity contribution < 1.29 is 19.4 Å². The molecule has 1 aromatic carbocycles. The molecule has 0 aliphatic carbocycles. The summed E-state index contributed by atoms with van der Waals surface area (Å²) >= 11 is 0. The van der Waals surface area contributed by atoms with Gasteiger partial charge in [-0.05, 0) is 57.2 Å². The molecule has 0 bridgehead atoms. The molecule has 26 heavy (non-hydrogen) atoms. The summed E-state index contributed by atoms with van der Waals surface area (Å²) in [5, 5.41) is 13.0. The Balaban J connectivity index is 1.92. The van der Waals surface area contributed by atoms with Crippen LogP contribution in [-0.2, 0) is 4.74 Å². The molecule has 1 aliphatic rings. The third-order valence-corrected chi connectivity index (χ3v) is 4.41. The van der Waals surface area contributed by atoms with E-state index in [4.69, 9.17) is 4.74 Å². The van der Waals surface area contributed by atoms with Gasteiger partial charge >= 0.3 is 6.09 Å². The molecule has 6 nitrogen and oxygen atoms in total. The molecule has 0 atom stereocenters. The Morgan fingerprint density at radius 2 is 1.85 bits per heavy atom. The maximum Gasteiger partial charge on any atom is 0.410 e. The first-order chi connectivity index (χ1) is 12.1. The topological polar surface area (TPSA) is 78.9 Å². The molecule has 0 radical (unpaired) electrons. The minimum absolute atomic E-state index is 0.0157. The summed E-state index contributed by atoms with van der Waals surface area (Å²) in [6.07, 6.45) is 1.01. The maximum atomic E-state index is 12.5. The smallest absolute Gasteiger partial charge is 0.410 e. The van der Waals surface area contributed by atoms with Crippen LogP contribution >= 0.6 is 0 Å². The number of ether oxygens (including phenoxy) is 1. The van der Waals surface area contributed by atoms with E-state index >= 15 is 0 Å². The maximum absolute atomic E-state index is 12.5. The lowest BCUT2D eigenvalue weighted by atomic mass is 9.99. The van der Waals surface area contributed by atoms with Crippen LogP contribution in [0, 0.1) is 0 Å². The average Bonchev–Trinajstić information content (AvgIpc) is 2.54. The fraction of sp³-hybridized carbons (Fsp3) is 0.600. The van der Waals surface area contributed by atoms with Crippen LogP contribution in [0.3, 0.4) is 0 Å². The van der Waals surface area contributed by atoms with E-state index in [1.165, 1.54) is 0 Å². The van der Waals surface area contributed by atoms with Crippen LogP contribution in [0.15, 0.2) is 18.2 Å². The van der Waals surface area contributed by atoms with E-state index in [0.717, 1.165) is 5.56 Å². The highest BCUT2D eigenvalue weighted by Gasteiger charge is 2.28. The number of aromatic hydroxyl groups is 1. The second-order valence-corrected chi connectivity index (χ2v) is 8.15. The summed E-state index contributed by atoms with van der Waals surface area (Å²) in [6, 6.07) is 5.11. The van der Waals surface area contributed by atoms with Crippen LogP contribution in [-0.4, -0.2) is 46.7 Å². The molecule has 144 valence electrons. The molecule has 1 saturated heterocycles. The van der Waals surface area contributed by atoms with Gasteiger partial charge in [0.15, 0.2) is 0 Å². The number of nitrogens with zero attached hydrogens (tertiary/aromatic N) is 1. The van der Waals surface area contributed by atoms with Gasteiger partial charge in [-0.25, -0.2) is 4.79 Å². The highest BCUT2D eigenvalue weighted by atomic mass is 16.6. The van der Waals surface area contributed by atoms with Crippen molar-refractivity contribution in [3.63, 3.8) is 0 Å². The second kappa shape index (κ2) is 7.98. The lowest BCUT2D eigenvalue weighted by Crippen LogP contribution is -2.47.